The highest BCUT2D eigenvalue weighted by Crippen LogP contribution is 2.66. The average Bonchev–Trinajstić information content (AvgIpc) is 2.86. The van der Waals surface area contributed by atoms with Crippen LogP contribution in [0.25, 0.3) is 0 Å². The topological polar surface area (TPSA) is 74.6 Å². The van der Waals surface area contributed by atoms with Gasteiger partial charge >= 0.3 is 5.97 Å². The van der Waals surface area contributed by atoms with E-state index >= 15 is 0 Å². The Hall–Kier alpha value is -1.58. The number of hydrogen-bond acceptors (Lipinski definition) is 3. The Morgan fingerprint density at radius 1 is 1.12 bits per heavy atom. The molecule has 0 bridgehead atoms. The van der Waals surface area contributed by atoms with Crippen molar-refractivity contribution in [3.63, 3.8) is 0 Å². The lowest BCUT2D eigenvalue weighted by Crippen LogP contribution is -2.51. The van der Waals surface area contributed by atoms with Crippen LogP contribution in [0.15, 0.2) is 23.5 Å². The number of allylic oxidation sites excluding steroid dienone is 3. The molecule has 0 aromatic carbocycles. The fourth-order valence-electron chi connectivity index (χ4n) is 6.71. The van der Waals surface area contributed by atoms with Crippen molar-refractivity contribution < 1.29 is 19.8 Å². The van der Waals surface area contributed by atoms with Crippen molar-refractivity contribution >= 4 is 11.8 Å². The van der Waals surface area contributed by atoms with Crippen molar-refractivity contribution in [3.05, 3.63) is 23.5 Å². The van der Waals surface area contributed by atoms with E-state index in [-0.39, 0.29) is 22.9 Å². The zero-order chi connectivity index (χ0) is 17.3. The first kappa shape index (κ1) is 15.9. The standard InChI is InChI=1S/C20H26O4/c1-19-8-7-15-13(14(19)5-6-16(19)18(23)24)4-3-11-9-12(21)10-17(22)20(11,15)2/h9-10,13-16,22H,3-8H2,1-2H3,(H,23,24)/t13-,14-,15+,16?,19-,20-/m0/s1. The Kier molecular flexibility index (Phi) is 3.29. The Morgan fingerprint density at radius 2 is 1.88 bits per heavy atom. The molecule has 3 fully saturated rings. The van der Waals surface area contributed by atoms with Gasteiger partial charge in [-0.05, 0) is 74.7 Å². The summed E-state index contributed by atoms with van der Waals surface area (Å²) in [6.45, 7) is 4.26. The highest BCUT2D eigenvalue weighted by molar-refractivity contribution is 6.01. The van der Waals surface area contributed by atoms with Gasteiger partial charge < -0.3 is 10.2 Å². The van der Waals surface area contributed by atoms with Gasteiger partial charge in [-0.3, -0.25) is 9.59 Å². The third-order valence-corrected chi connectivity index (χ3v) is 8.02. The van der Waals surface area contributed by atoms with E-state index in [1.165, 1.54) is 6.08 Å². The van der Waals surface area contributed by atoms with Crippen LogP contribution in [-0.4, -0.2) is 22.0 Å². The normalized spacial score (nSPS) is 47.2. The smallest absolute Gasteiger partial charge is 0.307 e. The number of aliphatic hydroxyl groups is 1. The lowest BCUT2D eigenvalue weighted by molar-refractivity contribution is -0.149. The molecule has 4 rings (SSSR count). The number of rotatable bonds is 1. The van der Waals surface area contributed by atoms with E-state index in [4.69, 9.17) is 0 Å². The molecule has 2 N–H and O–H groups in total. The molecule has 0 heterocycles. The fraction of sp³-hybridized carbons (Fsp3) is 0.700. The summed E-state index contributed by atoms with van der Waals surface area (Å²) in [7, 11) is 0. The first-order valence-electron chi connectivity index (χ1n) is 9.17. The molecule has 1 unspecified atom stereocenters. The second-order valence-corrected chi connectivity index (χ2v) is 8.73. The second-order valence-electron chi connectivity index (χ2n) is 8.73. The van der Waals surface area contributed by atoms with Gasteiger partial charge in [0.15, 0.2) is 5.78 Å². The summed E-state index contributed by atoms with van der Waals surface area (Å²) in [6, 6.07) is 0. The number of fused-ring (bicyclic) bond motifs is 5. The highest BCUT2D eigenvalue weighted by atomic mass is 16.4. The number of hydrogen-bond donors (Lipinski definition) is 2. The minimum Gasteiger partial charge on any atom is -0.511 e. The van der Waals surface area contributed by atoms with E-state index < -0.39 is 11.4 Å². The predicted molar refractivity (Wildman–Crippen MR) is 89.3 cm³/mol. The van der Waals surface area contributed by atoms with Crippen molar-refractivity contribution in [1.82, 2.24) is 0 Å². The summed E-state index contributed by atoms with van der Waals surface area (Å²) in [6.07, 6.45) is 8.55. The van der Waals surface area contributed by atoms with E-state index in [0.29, 0.717) is 17.8 Å². The van der Waals surface area contributed by atoms with Crippen molar-refractivity contribution in [2.24, 2.45) is 34.5 Å². The van der Waals surface area contributed by atoms with Crippen LogP contribution in [0, 0.1) is 34.5 Å². The van der Waals surface area contributed by atoms with E-state index in [1.54, 1.807) is 6.08 Å². The lowest BCUT2D eigenvalue weighted by Gasteiger charge is -2.57. The molecular weight excluding hydrogens is 304 g/mol. The second kappa shape index (κ2) is 4.96. The monoisotopic (exact) mass is 330 g/mol. The van der Waals surface area contributed by atoms with Crippen molar-refractivity contribution in [2.75, 3.05) is 0 Å². The molecule has 0 aromatic heterocycles. The van der Waals surface area contributed by atoms with Gasteiger partial charge in [-0.1, -0.05) is 12.5 Å². The fourth-order valence-corrected chi connectivity index (χ4v) is 6.71. The van der Waals surface area contributed by atoms with E-state index in [9.17, 15) is 19.8 Å². The Bertz CT molecular complexity index is 675. The molecule has 0 amide bonds. The number of ketones is 1. The van der Waals surface area contributed by atoms with Gasteiger partial charge in [0.2, 0.25) is 0 Å². The maximum atomic E-state index is 11.8. The van der Waals surface area contributed by atoms with Crippen LogP contribution in [0.4, 0.5) is 0 Å². The van der Waals surface area contributed by atoms with Crippen LogP contribution in [0.2, 0.25) is 0 Å². The first-order chi connectivity index (χ1) is 11.3. The van der Waals surface area contributed by atoms with Crippen LogP contribution in [0.5, 0.6) is 0 Å². The molecule has 24 heavy (non-hydrogen) atoms. The van der Waals surface area contributed by atoms with Gasteiger partial charge in [0.1, 0.15) is 5.76 Å². The number of aliphatic hydroxyl groups excluding tert-OH is 1. The van der Waals surface area contributed by atoms with Crippen molar-refractivity contribution in [2.45, 2.75) is 52.4 Å². The largest absolute Gasteiger partial charge is 0.511 e. The third kappa shape index (κ3) is 1.86. The molecule has 6 atom stereocenters. The molecule has 3 saturated carbocycles. The zero-order valence-electron chi connectivity index (χ0n) is 14.4. The molecule has 4 nitrogen and oxygen atoms in total. The highest BCUT2D eigenvalue weighted by Gasteiger charge is 2.61. The van der Waals surface area contributed by atoms with Crippen molar-refractivity contribution in [3.8, 4) is 0 Å². The van der Waals surface area contributed by atoms with Crippen LogP contribution in [-0.2, 0) is 9.59 Å². The average molecular weight is 330 g/mol. The predicted octanol–water partition coefficient (Wildman–Crippen LogP) is 3.88. The minimum absolute atomic E-state index is 0.106. The number of carbonyl (C=O) groups is 2. The molecule has 0 spiro atoms. The van der Waals surface area contributed by atoms with E-state index in [0.717, 1.165) is 44.1 Å². The molecular formula is C20H26O4. The number of carbonyl (C=O) groups excluding carboxylic acids is 1. The zero-order valence-corrected chi connectivity index (χ0v) is 14.4. The summed E-state index contributed by atoms with van der Waals surface area (Å²) in [5, 5.41) is 20.3. The summed E-state index contributed by atoms with van der Waals surface area (Å²) in [5.74, 6) is 0.409. The molecule has 4 heteroatoms. The van der Waals surface area contributed by atoms with Gasteiger partial charge in [-0.2, -0.15) is 0 Å². The molecule has 0 aromatic rings. The number of carboxylic acids is 1. The summed E-state index contributed by atoms with van der Waals surface area (Å²) >= 11 is 0. The van der Waals surface area contributed by atoms with Crippen LogP contribution in [0.3, 0.4) is 0 Å². The lowest BCUT2D eigenvalue weighted by atomic mass is 9.47. The van der Waals surface area contributed by atoms with Gasteiger partial charge in [0.25, 0.3) is 0 Å². The maximum Gasteiger partial charge on any atom is 0.307 e. The number of carboxylic acid groups (broad SMARTS) is 1. The third-order valence-electron chi connectivity index (χ3n) is 8.02. The van der Waals surface area contributed by atoms with Crippen LogP contribution < -0.4 is 0 Å². The molecule has 0 saturated heterocycles. The molecule has 4 aliphatic carbocycles. The molecule has 0 radical (unpaired) electrons. The Balaban J connectivity index is 1.71. The van der Waals surface area contributed by atoms with E-state index in [1.807, 2.05) is 0 Å². The summed E-state index contributed by atoms with van der Waals surface area (Å²) in [4.78, 5) is 23.5. The molecule has 130 valence electrons. The van der Waals surface area contributed by atoms with Crippen LogP contribution >= 0.6 is 0 Å². The molecule has 4 aliphatic rings. The van der Waals surface area contributed by atoms with E-state index in [2.05, 4.69) is 13.8 Å². The van der Waals surface area contributed by atoms with Crippen LogP contribution in [0.1, 0.15) is 52.4 Å². The SMILES string of the molecule is C[C@]12C(O)=CC(=O)C=C1CC[C@@H]1[C@H]2CC[C@]2(C)C(C(=O)O)CC[C@@H]12. The van der Waals surface area contributed by atoms with Gasteiger partial charge in [0, 0.05) is 11.5 Å². The summed E-state index contributed by atoms with van der Waals surface area (Å²) < 4.78 is 0. The van der Waals surface area contributed by atoms with Crippen molar-refractivity contribution in [1.29, 1.82) is 0 Å². The quantitative estimate of drug-likeness (QED) is 0.765. The summed E-state index contributed by atoms with van der Waals surface area (Å²) in [5.41, 5.74) is 0.526. The Morgan fingerprint density at radius 3 is 2.58 bits per heavy atom. The molecule has 0 aliphatic heterocycles. The number of aliphatic carboxylic acids is 1. The van der Waals surface area contributed by atoms with Gasteiger partial charge in [0.05, 0.1) is 5.92 Å². The van der Waals surface area contributed by atoms with Gasteiger partial charge in [-0.25, -0.2) is 0 Å². The van der Waals surface area contributed by atoms with Gasteiger partial charge in [-0.15, -0.1) is 0 Å². The minimum atomic E-state index is -0.646. The Labute approximate surface area is 142 Å². The maximum absolute atomic E-state index is 11.8. The first-order valence-corrected chi connectivity index (χ1v) is 9.17.